The molecule has 0 bridgehead atoms. The summed E-state index contributed by atoms with van der Waals surface area (Å²) < 4.78 is 10.5. The Morgan fingerprint density at radius 2 is 1.11 bits per heavy atom. The molecule has 0 fully saturated rings. The lowest BCUT2D eigenvalue weighted by atomic mass is 9.90. The number of allylic oxidation sites excluding steroid dienone is 1. The van der Waals surface area contributed by atoms with Crippen LogP contribution in [0.4, 0.5) is 0 Å². The number of nitrogens with zero attached hydrogens (tertiary/aromatic N) is 1. The first-order chi connectivity index (χ1) is 13.2. The summed E-state index contributed by atoms with van der Waals surface area (Å²) in [5.74, 6) is 1.65. The SMILES string of the molecule is COc1ccc(C(=C(C#N)c2ccc(O)cc2)c2ccc(OC)cc2)cc1. The van der Waals surface area contributed by atoms with Gasteiger partial charge in [-0.1, -0.05) is 24.3 Å². The van der Waals surface area contributed by atoms with E-state index in [0.717, 1.165) is 33.8 Å². The molecule has 1 N–H and O–H groups in total. The van der Waals surface area contributed by atoms with Crippen LogP contribution >= 0.6 is 0 Å². The molecule has 3 aromatic carbocycles. The fraction of sp³-hybridized carbons (Fsp3) is 0.0870. The van der Waals surface area contributed by atoms with Gasteiger partial charge in [0.15, 0.2) is 0 Å². The quantitative estimate of drug-likeness (QED) is 0.521. The number of hydrogen-bond acceptors (Lipinski definition) is 4. The molecule has 0 aliphatic heterocycles. The summed E-state index contributed by atoms with van der Waals surface area (Å²) in [6.07, 6.45) is 0. The first-order valence-corrected chi connectivity index (χ1v) is 8.39. The van der Waals surface area contributed by atoms with Crippen molar-refractivity contribution in [1.82, 2.24) is 0 Å². The van der Waals surface area contributed by atoms with E-state index in [0.29, 0.717) is 5.57 Å². The lowest BCUT2D eigenvalue weighted by Crippen LogP contribution is -1.95. The van der Waals surface area contributed by atoms with Crippen molar-refractivity contribution in [2.45, 2.75) is 0 Å². The zero-order valence-electron chi connectivity index (χ0n) is 15.1. The van der Waals surface area contributed by atoms with E-state index in [1.54, 1.807) is 38.5 Å². The highest BCUT2D eigenvalue weighted by molar-refractivity contribution is 6.03. The summed E-state index contributed by atoms with van der Waals surface area (Å²) in [5, 5.41) is 19.5. The molecule has 0 saturated carbocycles. The van der Waals surface area contributed by atoms with Crippen LogP contribution in [0.25, 0.3) is 11.1 Å². The smallest absolute Gasteiger partial charge is 0.118 e. The van der Waals surface area contributed by atoms with Gasteiger partial charge in [0, 0.05) is 5.57 Å². The maximum atomic E-state index is 9.92. The van der Waals surface area contributed by atoms with Crippen molar-refractivity contribution < 1.29 is 14.6 Å². The average molecular weight is 357 g/mol. The van der Waals surface area contributed by atoms with Gasteiger partial charge in [-0.15, -0.1) is 0 Å². The molecule has 0 aliphatic carbocycles. The number of aromatic hydroxyl groups is 1. The molecular formula is C23H19NO3. The fourth-order valence-electron chi connectivity index (χ4n) is 2.86. The minimum absolute atomic E-state index is 0.159. The zero-order valence-corrected chi connectivity index (χ0v) is 15.1. The molecule has 0 aliphatic rings. The molecule has 27 heavy (non-hydrogen) atoms. The molecule has 0 aromatic heterocycles. The van der Waals surface area contributed by atoms with Crippen molar-refractivity contribution in [3.8, 4) is 23.3 Å². The van der Waals surface area contributed by atoms with Crippen molar-refractivity contribution in [1.29, 1.82) is 5.26 Å². The summed E-state index contributed by atoms with van der Waals surface area (Å²) in [4.78, 5) is 0. The van der Waals surface area contributed by atoms with Gasteiger partial charge in [0.25, 0.3) is 0 Å². The Hall–Kier alpha value is -3.71. The molecule has 134 valence electrons. The van der Waals surface area contributed by atoms with Gasteiger partial charge in [-0.05, 0) is 65.2 Å². The molecule has 0 saturated heterocycles. The molecule has 0 radical (unpaired) electrons. The first kappa shape index (κ1) is 18.1. The molecule has 3 rings (SSSR count). The molecule has 0 atom stereocenters. The van der Waals surface area contributed by atoms with E-state index in [4.69, 9.17) is 9.47 Å². The standard InChI is InChI=1S/C23H19NO3/c1-26-20-11-5-17(6-12-20)23(18-7-13-21(27-2)14-8-18)22(15-24)16-3-9-19(25)10-4-16/h3-14,25H,1-2H3. The molecule has 0 unspecified atom stereocenters. The van der Waals surface area contributed by atoms with Crippen molar-refractivity contribution >= 4 is 11.1 Å². The number of hydrogen-bond donors (Lipinski definition) is 1. The van der Waals surface area contributed by atoms with Crippen LogP contribution in [0.15, 0.2) is 72.8 Å². The lowest BCUT2D eigenvalue weighted by Gasteiger charge is -2.13. The topological polar surface area (TPSA) is 62.5 Å². The minimum Gasteiger partial charge on any atom is -0.508 e. The number of methoxy groups -OCH3 is 2. The van der Waals surface area contributed by atoms with Crippen molar-refractivity contribution in [2.24, 2.45) is 0 Å². The van der Waals surface area contributed by atoms with Gasteiger partial charge in [0.1, 0.15) is 23.3 Å². The largest absolute Gasteiger partial charge is 0.508 e. The van der Waals surface area contributed by atoms with E-state index in [9.17, 15) is 10.4 Å². The number of phenols is 1. The van der Waals surface area contributed by atoms with Gasteiger partial charge >= 0.3 is 0 Å². The maximum Gasteiger partial charge on any atom is 0.118 e. The summed E-state index contributed by atoms with van der Waals surface area (Å²) in [7, 11) is 3.23. The number of benzene rings is 3. The second-order valence-corrected chi connectivity index (χ2v) is 5.87. The van der Waals surface area contributed by atoms with Crippen LogP contribution in [0.3, 0.4) is 0 Å². The minimum atomic E-state index is 0.159. The van der Waals surface area contributed by atoms with Crippen LogP contribution in [0.1, 0.15) is 16.7 Å². The van der Waals surface area contributed by atoms with Gasteiger partial charge in [0.05, 0.1) is 19.8 Å². The number of ether oxygens (including phenoxy) is 2. The Balaban J connectivity index is 2.23. The fourth-order valence-corrected chi connectivity index (χ4v) is 2.86. The Morgan fingerprint density at radius 3 is 1.48 bits per heavy atom. The number of rotatable bonds is 5. The van der Waals surface area contributed by atoms with E-state index in [-0.39, 0.29) is 5.75 Å². The molecule has 0 amide bonds. The predicted octanol–water partition coefficient (Wildman–Crippen LogP) is 4.89. The van der Waals surface area contributed by atoms with E-state index in [1.807, 2.05) is 48.5 Å². The van der Waals surface area contributed by atoms with Gasteiger partial charge in [-0.3, -0.25) is 0 Å². The maximum absolute atomic E-state index is 9.92. The Labute approximate surface area is 158 Å². The Bertz CT molecular complexity index is 930. The second kappa shape index (κ2) is 8.11. The normalized spacial score (nSPS) is 9.96. The average Bonchev–Trinajstić information content (AvgIpc) is 2.73. The Kier molecular flexibility index (Phi) is 5.44. The predicted molar refractivity (Wildman–Crippen MR) is 106 cm³/mol. The Morgan fingerprint density at radius 1 is 0.704 bits per heavy atom. The van der Waals surface area contributed by atoms with E-state index in [2.05, 4.69) is 6.07 Å². The van der Waals surface area contributed by atoms with Gasteiger partial charge in [-0.25, -0.2) is 0 Å². The van der Waals surface area contributed by atoms with E-state index in [1.165, 1.54) is 0 Å². The summed E-state index contributed by atoms with van der Waals surface area (Å²) in [5.41, 5.74) is 3.84. The third-order valence-corrected chi connectivity index (χ3v) is 4.28. The highest BCUT2D eigenvalue weighted by Gasteiger charge is 2.14. The third-order valence-electron chi connectivity index (χ3n) is 4.28. The molecule has 4 nitrogen and oxygen atoms in total. The van der Waals surface area contributed by atoms with Crippen LogP contribution in [0, 0.1) is 11.3 Å². The highest BCUT2D eigenvalue weighted by Crippen LogP contribution is 2.34. The van der Waals surface area contributed by atoms with Gasteiger partial charge < -0.3 is 14.6 Å². The molecule has 3 aromatic rings. The highest BCUT2D eigenvalue weighted by atomic mass is 16.5. The van der Waals surface area contributed by atoms with Crippen molar-refractivity contribution in [3.05, 3.63) is 89.5 Å². The van der Waals surface area contributed by atoms with Crippen molar-refractivity contribution in [3.63, 3.8) is 0 Å². The first-order valence-electron chi connectivity index (χ1n) is 8.39. The van der Waals surface area contributed by atoms with Crippen LogP contribution in [0.2, 0.25) is 0 Å². The third kappa shape index (κ3) is 3.94. The van der Waals surface area contributed by atoms with E-state index >= 15 is 0 Å². The van der Waals surface area contributed by atoms with Gasteiger partial charge in [-0.2, -0.15) is 5.26 Å². The summed E-state index contributed by atoms with van der Waals surface area (Å²) in [6, 6.07) is 24.1. The zero-order chi connectivity index (χ0) is 19.2. The monoisotopic (exact) mass is 357 g/mol. The van der Waals surface area contributed by atoms with Gasteiger partial charge in [0.2, 0.25) is 0 Å². The van der Waals surface area contributed by atoms with Crippen LogP contribution in [-0.4, -0.2) is 19.3 Å². The molecule has 4 heteroatoms. The number of nitriles is 1. The molecule has 0 spiro atoms. The van der Waals surface area contributed by atoms with Crippen molar-refractivity contribution in [2.75, 3.05) is 14.2 Å². The van der Waals surface area contributed by atoms with Crippen LogP contribution < -0.4 is 9.47 Å². The summed E-state index contributed by atoms with van der Waals surface area (Å²) in [6.45, 7) is 0. The lowest BCUT2D eigenvalue weighted by molar-refractivity contribution is 0.414. The van der Waals surface area contributed by atoms with Crippen LogP contribution in [-0.2, 0) is 0 Å². The molecular weight excluding hydrogens is 338 g/mol. The second-order valence-electron chi connectivity index (χ2n) is 5.87. The van der Waals surface area contributed by atoms with E-state index < -0.39 is 0 Å². The molecule has 0 heterocycles. The number of phenolic OH excluding ortho intramolecular Hbond substituents is 1. The summed E-state index contributed by atoms with van der Waals surface area (Å²) >= 11 is 0. The van der Waals surface area contributed by atoms with Crippen LogP contribution in [0.5, 0.6) is 17.2 Å².